The fourth-order valence-corrected chi connectivity index (χ4v) is 3.36. The third-order valence-electron chi connectivity index (χ3n) is 3.18. The van der Waals surface area contributed by atoms with Crippen LogP contribution in [-0.2, 0) is 0 Å². The minimum Gasteiger partial charge on any atom is -0.325 e. The van der Waals surface area contributed by atoms with Crippen molar-refractivity contribution < 1.29 is 0 Å². The predicted molar refractivity (Wildman–Crippen MR) is 58.6 cm³/mol. The molecule has 1 nitrogen and oxygen atoms in total. The first kappa shape index (κ1) is 11.0. The lowest BCUT2D eigenvalue weighted by molar-refractivity contribution is 0.105. The van der Waals surface area contributed by atoms with E-state index in [2.05, 4.69) is 27.7 Å². The summed E-state index contributed by atoms with van der Waals surface area (Å²) in [5, 5.41) is 0. The smallest absolute Gasteiger partial charge is 0.0133 e. The summed E-state index contributed by atoms with van der Waals surface area (Å²) in [6, 6.07) is 0. The minimum absolute atomic E-state index is 0.0849. The van der Waals surface area contributed by atoms with Crippen molar-refractivity contribution in [1.29, 1.82) is 0 Å². The van der Waals surface area contributed by atoms with Crippen molar-refractivity contribution in [2.24, 2.45) is 17.1 Å². The second kappa shape index (κ2) is 3.61. The Balaban J connectivity index is 2.61. The lowest BCUT2D eigenvalue weighted by Crippen LogP contribution is -2.47. The zero-order valence-electron chi connectivity index (χ0n) is 9.69. The molecule has 0 aliphatic heterocycles. The molecule has 2 N–H and O–H groups in total. The molecule has 1 aliphatic carbocycles. The second-order valence-electron chi connectivity index (χ2n) is 6.06. The van der Waals surface area contributed by atoms with E-state index in [1.807, 2.05) is 0 Å². The topological polar surface area (TPSA) is 26.0 Å². The van der Waals surface area contributed by atoms with Crippen LogP contribution in [0.25, 0.3) is 0 Å². The first-order chi connectivity index (χ1) is 5.85. The van der Waals surface area contributed by atoms with Gasteiger partial charge in [-0.1, -0.05) is 33.6 Å². The van der Waals surface area contributed by atoms with Gasteiger partial charge in [-0.25, -0.2) is 0 Å². The lowest BCUT2D eigenvalue weighted by atomic mass is 9.64. The molecule has 0 amide bonds. The molecule has 1 fully saturated rings. The zero-order valence-corrected chi connectivity index (χ0v) is 9.69. The third kappa shape index (κ3) is 3.30. The van der Waals surface area contributed by atoms with E-state index in [9.17, 15) is 0 Å². The van der Waals surface area contributed by atoms with Gasteiger partial charge in [-0.2, -0.15) is 0 Å². The van der Waals surface area contributed by atoms with Crippen molar-refractivity contribution in [1.82, 2.24) is 0 Å². The molecule has 13 heavy (non-hydrogen) atoms. The third-order valence-corrected chi connectivity index (χ3v) is 3.18. The molecule has 0 radical (unpaired) electrons. The Kier molecular flexibility index (Phi) is 3.06. The van der Waals surface area contributed by atoms with Crippen LogP contribution < -0.4 is 5.73 Å². The molecule has 1 saturated carbocycles. The van der Waals surface area contributed by atoms with Crippen LogP contribution in [0.4, 0.5) is 0 Å². The summed E-state index contributed by atoms with van der Waals surface area (Å²) in [6.07, 6.45) is 6.44. The molecule has 1 rings (SSSR count). The Morgan fingerprint density at radius 3 is 2.31 bits per heavy atom. The Hall–Kier alpha value is -0.0400. The minimum atomic E-state index is 0.0849. The van der Waals surface area contributed by atoms with E-state index in [0.717, 1.165) is 5.92 Å². The Bertz CT molecular complexity index is 154. The largest absolute Gasteiger partial charge is 0.325 e. The standard InChI is InChI=1S/C12H25N/c1-5-6-10-7-11(2,3)9-12(4,13)8-10/h10H,5-9,13H2,1-4H3/t10?,12-/m0/s1. The summed E-state index contributed by atoms with van der Waals surface area (Å²) >= 11 is 0. The summed E-state index contributed by atoms with van der Waals surface area (Å²) in [6.45, 7) is 9.21. The van der Waals surface area contributed by atoms with E-state index in [1.54, 1.807) is 0 Å². The van der Waals surface area contributed by atoms with Crippen LogP contribution in [0.2, 0.25) is 0 Å². The van der Waals surface area contributed by atoms with Crippen LogP contribution in [0.5, 0.6) is 0 Å². The molecular formula is C12H25N. The Morgan fingerprint density at radius 1 is 1.23 bits per heavy atom. The van der Waals surface area contributed by atoms with E-state index in [4.69, 9.17) is 5.73 Å². The van der Waals surface area contributed by atoms with Crippen LogP contribution >= 0.6 is 0 Å². The molecule has 0 bridgehead atoms. The van der Waals surface area contributed by atoms with Crippen molar-refractivity contribution in [3.63, 3.8) is 0 Å². The van der Waals surface area contributed by atoms with Gasteiger partial charge in [0.25, 0.3) is 0 Å². The molecule has 0 spiro atoms. The zero-order chi connectivity index (χ0) is 10.1. The van der Waals surface area contributed by atoms with Crippen LogP contribution in [-0.4, -0.2) is 5.54 Å². The molecule has 0 aromatic rings. The summed E-state index contributed by atoms with van der Waals surface area (Å²) in [5.41, 5.74) is 6.82. The van der Waals surface area contributed by atoms with Crippen molar-refractivity contribution in [3.8, 4) is 0 Å². The van der Waals surface area contributed by atoms with Crippen molar-refractivity contribution in [2.75, 3.05) is 0 Å². The molecule has 2 atom stereocenters. The summed E-state index contributed by atoms with van der Waals surface area (Å²) < 4.78 is 0. The number of nitrogens with two attached hydrogens (primary N) is 1. The fourth-order valence-electron chi connectivity index (χ4n) is 3.36. The van der Waals surface area contributed by atoms with Gasteiger partial charge in [0.05, 0.1) is 0 Å². The van der Waals surface area contributed by atoms with Gasteiger partial charge >= 0.3 is 0 Å². The molecule has 1 heteroatoms. The highest BCUT2D eigenvalue weighted by molar-refractivity contribution is 4.94. The van der Waals surface area contributed by atoms with E-state index in [1.165, 1.54) is 32.1 Å². The summed E-state index contributed by atoms with van der Waals surface area (Å²) in [4.78, 5) is 0. The predicted octanol–water partition coefficient (Wildman–Crippen LogP) is 3.33. The van der Waals surface area contributed by atoms with Crippen LogP contribution in [0.1, 0.15) is 59.8 Å². The molecular weight excluding hydrogens is 158 g/mol. The Morgan fingerprint density at radius 2 is 1.85 bits per heavy atom. The van der Waals surface area contributed by atoms with Gasteiger partial charge in [-0.05, 0) is 37.5 Å². The van der Waals surface area contributed by atoms with Crippen molar-refractivity contribution >= 4 is 0 Å². The van der Waals surface area contributed by atoms with Crippen molar-refractivity contribution in [3.05, 3.63) is 0 Å². The first-order valence-corrected chi connectivity index (χ1v) is 5.63. The average Bonchev–Trinajstić information content (AvgIpc) is 1.78. The normalized spacial score (nSPS) is 39.0. The maximum atomic E-state index is 6.27. The molecule has 1 unspecified atom stereocenters. The molecule has 78 valence electrons. The molecule has 0 aromatic carbocycles. The van der Waals surface area contributed by atoms with E-state index >= 15 is 0 Å². The number of rotatable bonds is 2. The average molecular weight is 183 g/mol. The fraction of sp³-hybridized carbons (Fsp3) is 1.00. The van der Waals surface area contributed by atoms with Gasteiger partial charge in [0.15, 0.2) is 0 Å². The highest BCUT2D eigenvalue weighted by Gasteiger charge is 2.38. The van der Waals surface area contributed by atoms with E-state index < -0.39 is 0 Å². The second-order valence-corrected chi connectivity index (χ2v) is 6.06. The van der Waals surface area contributed by atoms with E-state index in [-0.39, 0.29) is 5.54 Å². The van der Waals surface area contributed by atoms with Crippen LogP contribution in [0.15, 0.2) is 0 Å². The van der Waals surface area contributed by atoms with Gasteiger partial charge in [0, 0.05) is 5.54 Å². The first-order valence-electron chi connectivity index (χ1n) is 5.63. The molecule has 0 heterocycles. The summed E-state index contributed by atoms with van der Waals surface area (Å²) in [7, 11) is 0. The highest BCUT2D eigenvalue weighted by Crippen LogP contribution is 2.44. The molecule has 0 aromatic heterocycles. The lowest BCUT2D eigenvalue weighted by Gasteiger charge is -2.44. The quantitative estimate of drug-likeness (QED) is 0.698. The van der Waals surface area contributed by atoms with E-state index in [0.29, 0.717) is 5.41 Å². The SMILES string of the molecule is CCCC1CC(C)(C)C[C@@](C)(N)C1. The molecule has 0 saturated heterocycles. The van der Waals surface area contributed by atoms with Gasteiger partial charge in [-0.15, -0.1) is 0 Å². The van der Waals surface area contributed by atoms with Gasteiger partial charge in [0.2, 0.25) is 0 Å². The summed E-state index contributed by atoms with van der Waals surface area (Å²) in [5.74, 6) is 0.865. The van der Waals surface area contributed by atoms with Gasteiger partial charge in [-0.3, -0.25) is 0 Å². The maximum absolute atomic E-state index is 6.27. The number of hydrogen-bond donors (Lipinski definition) is 1. The van der Waals surface area contributed by atoms with Crippen LogP contribution in [0.3, 0.4) is 0 Å². The monoisotopic (exact) mass is 183 g/mol. The van der Waals surface area contributed by atoms with Gasteiger partial charge < -0.3 is 5.73 Å². The van der Waals surface area contributed by atoms with Gasteiger partial charge in [0.1, 0.15) is 0 Å². The number of hydrogen-bond acceptors (Lipinski definition) is 1. The van der Waals surface area contributed by atoms with Crippen LogP contribution in [0, 0.1) is 11.3 Å². The Labute approximate surface area is 83.1 Å². The highest BCUT2D eigenvalue weighted by atomic mass is 14.7. The van der Waals surface area contributed by atoms with Crippen molar-refractivity contribution in [2.45, 2.75) is 65.3 Å². The molecule has 1 aliphatic rings. The maximum Gasteiger partial charge on any atom is 0.0133 e.